The van der Waals surface area contributed by atoms with Crippen LogP contribution in [0.3, 0.4) is 0 Å². The van der Waals surface area contributed by atoms with Crippen LogP contribution in [0, 0.1) is 0 Å². The first-order valence-electron chi connectivity index (χ1n) is 3.77. The molecule has 0 amide bonds. The zero-order chi connectivity index (χ0) is 9.10. The highest BCUT2D eigenvalue weighted by atomic mass is 35.5. The van der Waals surface area contributed by atoms with Crippen molar-refractivity contribution in [3.05, 3.63) is 36.7 Å². The van der Waals surface area contributed by atoms with Crippen LogP contribution in [0.25, 0.3) is 5.69 Å². The standard InChI is InChI=1S/C8H7ClN4/c9-5-8-11-6-12-13(8)7-1-3-10-4-2-7/h1-4,6H,5H2. The van der Waals surface area contributed by atoms with E-state index in [9.17, 15) is 0 Å². The lowest BCUT2D eigenvalue weighted by Crippen LogP contribution is -2.00. The third-order valence-electron chi connectivity index (χ3n) is 1.65. The molecule has 2 aromatic rings. The van der Waals surface area contributed by atoms with Gasteiger partial charge in [-0.25, -0.2) is 9.67 Å². The van der Waals surface area contributed by atoms with Crippen LogP contribution in [-0.4, -0.2) is 19.7 Å². The molecule has 0 unspecified atom stereocenters. The van der Waals surface area contributed by atoms with Gasteiger partial charge >= 0.3 is 0 Å². The number of hydrogen-bond acceptors (Lipinski definition) is 3. The number of nitrogens with zero attached hydrogens (tertiary/aromatic N) is 4. The molecule has 5 heteroatoms. The van der Waals surface area contributed by atoms with Gasteiger partial charge in [-0.2, -0.15) is 5.10 Å². The summed E-state index contributed by atoms with van der Waals surface area (Å²) < 4.78 is 1.69. The van der Waals surface area contributed by atoms with E-state index in [1.807, 2.05) is 12.1 Å². The van der Waals surface area contributed by atoms with E-state index >= 15 is 0 Å². The van der Waals surface area contributed by atoms with Crippen LogP contribution in [0.4, 0.5) is 0 Å². The number of aromatic nitrogens is 4. The molecular weight excluding hydrogens is 188 g/mol. The van der Waals surface area contributed by atoms with Gasteiger partial charge in [0.05, 0.1) is 11.6 Å². The lowest BCUT2D eigenvalue weighted by molar-refractivity contribution is 0.830. The van der Waals surface area contributed by atoms with Crippen LogP contribution in [-0.2, 0) is 5.88 Å². The van der Waals surface area contributed by atoms with Gasteiger partial charge in [-0.05, 0) is 12.1 Å². The highest BCUT2D eigenvalue weighted by Gasteiger charge is 2.03. The molecule has 0 aliphatic carbocycles. The molecule has 0 saturated heterocycles. The van der Waals surface area contributed by atoms with Gasteiger partial charge in [0.25, 0.3) is 0 Å². The van der Waals surface area contributed by atoms with Crippen LogP contribution in [0.2, 0.25) is 0 Å². The van der Waals surface area contributed by atoms with Gasteiger partial charge in [-0.3, -0.25) is 4.98 Å². The quantitative estimate of drug-likeness (QED) is 0.679. The first-order chi connectivity index (χ1) is 6.42. The Bertz CT molecular complexity index is 384. The first kappa shape index (κ1) is 8.19. The lowest BCUT2D eigenvalue weighted by Gasteiger charge is -2.01. The highest BCUT2D eigenvalue weighted by Crippen LogP contribution is 2.07. The Morgan fingerprint density at radius 2 is 2.08 bits per heavy atom. The molecule has 0 aliphatic heterocycles. The molecule has 0 saturated carbocycles. The highest BCUT2D eigenvalue weighted by molar-refractivity contribution is 6.16. The summed E-state index contributed by atoms with van der Waals surface area (Å²) in [6.45, 7) is 0. The first-order valence-corrected chi connectivity index (χ1v) is 4.30. The second-order valence-electron chi connectivity index (χ2n) is 2.43. The average Bonchev–Trinajstić information content (AvgIpc) is 2.67. The van der Waals surface area contributed by atoms with E-state index in [1.54, 1.807) is 17.1 Å². The molecule has 0 bridgehead atoms. The molecule has 0 atom stereocenters. The second-order valence-corrected chi connectivity index (χ2v) is 2.69. The van der Waals surface area contributed by atoms with Crippen LogP contribution in [0.15, 0.2) is 30.9 Å². The van der Waals surface area contributed by atoms with Crippen LogP contribution in [0.5, 0.6) is 0 Å². The zero-order valence-electron chi connectivity index (χ0n) is 6.76. The summed E-state index contributed by atoms with van der Waals surface area (Å²) in [5.74, 6) is 1.08. The predicted octanol–water partition coefficient (Wildman–Crippen LogP) is 1.40. The van der Waals surface area contributed by atoms with Crippen molar-refractivity contribution in [2.24, 2.45) is 0 Å². The number of halogens is 1. The topological polar surface area (TPSA) is 43.6 Å². The average molecular weight is 195 g/mol. The molecule has 0 fully saturated rings. The minimum Gasteiger partial charge on any atom is -0.265 e. The summed E-state index contributed by atoms with van der Waals surface area (Å²) in [7, 11) is 0. The number of rotatable bonds is 2. The van der Waals surface area contributed by atoms with Crippen LogP contribution in [0.1, 0.15) is 5.82 Å². The Hall–Kier alpha value is -1.42. The molecule has 0 spiro atoms. The van der Waals surface area contributed by atoms with Gasteiger partial charge in [0, 0.05) is 12.4 Å². The number of pyridine rings is 1. The maximum atomic E-state index is 5.68. The molecule has 0 N–H and O–H groups in total. The van der Waals surface area contributed by atoms with E-state index in [1.165, 1.54) is 6.33 Å². The Balaban J connectivity index is 2.47. The second kappa shape index (κ2) is 3.53. The predicted molar refractivity (Wildman–Crippen MR) is 48.7 cm³/mol. The molecule has 0 aliphatic rings. The van der Waals surface area contributed by atoms with Crippen molar-refractivity contribution in [3.63, 3.8) is 0 Å². The van der Waals surface area contributed by atoms with Gasteiger partial charge in [0.15, 0.2) is 0 Å². The Morgan fingerprint density at radius 3 is 2.77 bits per heavy atom. The Kier molecular flexibility index (Phi) is 2.23. The molecule has 66 valence electrons. The Morgan fingerprint density at radius 1 is 1.31 bits per heavy atom. The molecule has 2 heterocycles. The van der Waals surface area contributed by atoms with E-state index in [0.29, 0.717) is 5.88 Å². The summed E-state index contributed by atoms with van der Waals surface area (Å²) in [4.78, 5) is 7.93. The number of alkyl halides is 1. The fraction of sp³-hybridized carbons (Fsp3) is 0.125. The minimum absolute atomic E-state index is 0.350. The summed E-state index contributed by atoms with van der Waals surface area (Å²) >= 11 is 5.68. The van der Waals surface area contributed by atoms with Crippen molar-refractivity contribution < 1.29 is 0 Å². The maximum Gasteiger partial charge on any atom is 0.147 e. The summed E-state index contributed by atoms with van der Waals surface area (Å²) in [6.07, 6.45) is 4.89. The fourth-order valence-corrected chi connectivity index (χ4v) is 1.24. The van der Waals surface area contributed by atoms with Crippen molar-refractivity contribution in [2.45, 2.75) is 5.88 Å². The third-order valence-corrected chi connectivity index (χ3v) is 1.88. The van der Waals surface area contributed by atoms with E-state index < -0.39 is 0 Å². The largest absolute Gasteiger partial charge is 0.265 e. The van der Waals surface area contributed by atoms with Gasteiger partial charge in [0.1, 0.15) is 12.2 Å². The summed E-state index contributed by atoms with van der Waals surface area (Å²) in [5, 5.41) is 4.05. The van der Waals surface area contributed by atoms with Gasteiger partial charge in [0.2, 0.25) is 0 Å². The molecule has 0 aromatic carbocycles. The normalized spacial score (nSPS) is 10.2. The van der Waals surface area contributed by atoms with Crippen molar-refractivity contribution >= 4 is 11.6 Å². The summed E-state index contributed by atoms with van der Waals surface area (Å²) in [6, 6.07) is 3.70. The molecular formula is C8H7ClN4. The van der Waals surface area contributed by atoms with Crippen molar-refractivity contribution in [2.75, 3.05) is 0 Å². The van der Waals surface area contributed by atoms with Crippen LogP contribution >= 0.6 is 11.6 Å². The monoisotopic (exact) mass is 194 g/mol. The van der Waals surface area contributed by atoms with E-state index in [0.717, 1.165) is 11.5 Å². The van der Waals surface area contributed by atoms with E-state index in [2.05, 4.69) is 15.1 Å². The number of hydrogen-bond donors (Lipinski definition) is 0. The summed E-state index contributed by atoms with van der Waals surface area (Å²) in [5.41, 5.74) is 0.920. The molecule has 4 nitrogen and oxygen atoms in total. The van der Waals surface area contributed by atoms with Gasteiger partial charge in [-0.15, -0.1) is 11.6 Å². The third kappa shape index (κ3) is 1.53. The lowest BCUT2D eigenvalue weighted by atomic mass is 10.4. The van der Waals surface area contributed by atoms with Crippen molar-refractivity contribution in [1.29, 1.82) is 0 Å². The van der Waals surface area contributed by atoms with E-state index in [4.69, 9.17) is 11.6 Å². The zero-order valence-corrected chi connectivity index (χ0v) is 7.52. The SMILES string of the molecule is ClCc1ncnn1-c1ccncc1. The van der Waals surface area contributed by atoms with Crippen LogP contribution < -0.4 is 0 Å². The van der Waals surface area contributed by atoms with Gasteiger partial charge < -0.3 is 0 Å². The fourth-order valence-electron chi connectivity index (χ4n) is 1.06. The van der Waals surface area contributed by atoms with Gasteiger partial charge in [-0.1, -0.05) is 0 Å². The smallest absolute Gasteiger partial charge is 0.147 e. The molecule has 0 radical (unpaired) electrons. The van der Waals surface area contributed by atoms with Crippen molar-refractivity contribution in [1.82, 2.24) is 19.7 Å². The Labute approximate surface area is 80.2 Å². The molecule has 2 aromatic heterocycles. The molecule has 13 heavy (non-hydrogen) atoms. The van der Waals surface area contributed by atoms with E-state index in [-0.39, 0.29) is 0 Å². The minimum atomic E-state index is 0.350. The maximum absolute atomic E-state index is 5.68. The van der Waals surface area contributed by atoms with Crippen molar-refractivity contribution in [3.8, 4) is 5.69 Å². The molecule has 2 rings (SSSR count).